The number of hydrogen-bond acceptors (Lipinski definition) is 4. The second-order valence-corrected chi connectivity index (χ2v) is 7.14. The first-order chi connectivity index (χ1) is 10.1. The zero-order valence-electron chi connectivity index (χ0n) is 12.8. The van der Waals surface area contributed by atoms with Gasteiger partial charge in [-0.25, -0.2) is 8.42 Å². The van der Waals surface area contributed by atoms with E-state index in [2.05, 4.69) is 12.2 Å². The molecule has 0 spiro atoms. The van der Waals surface area contributed by atoms with Crippen molar-refractivity contribution in [2.45, 2.75) is 31.7 Å². The summed E-state index contributed by atoms with van der Waals surface area (Å²) < 4.78 is 32.2. The molecule has 1 aromatic rings. The van der Waals surface area contributed by atoms with Crippen molar-refractivity contribution < 1.29 is 13.2 Å². The van der Waals surface area contributed by atoms with Gasteiger partial charge in [0.2, 0.25) is 10.0 Å². The van der Waals surface area contributed by atoms with Crippen molar-refractivity contribution in [3.63, 3.8) is 0 Å². The third-order valence-electron chi connectivity index (χ3n) is 3.73. The summed E-state index contributed by atoms with van der Waals surface area (Å²) in [6, 6.07) is 5.50. The smallest absolute Gasteiger partial charge is 0.243 e. The Kier molecular flexibility index (Phi) is 5.75. The van der Waals surface area contributed by atoms with E-state index in [0.29, 0.717) is 37.7 Å². The molecule has 0 atom stereocenters. The Morgan fingerprint density at radius 1 is 1.29 bits per heavy atom. The van der Waals surface area contributed by atoms with E-state index in [4.69, 9.17) is 4.74 Å². The molecule has 1 aliphatic rings. The van der Waals surface area contributed by atoms with E-state index in [0.717, 1.165) is 24.1 Å². The summed E-state index contributed by atoms with van der Waals surface area (Å²) in [7, 11) is -3.42. The lowest BCUT2D eigenvalue weighted by atomic mass is 10.1. The highest BCUT2D eigenvalue weighted by Crippen LogP contribution is 2.23. The minimum absolute atomic E-state index is 0.417. The summed E-state index contributed by atoms with van der Waals surface area (Å²) in [6.45, 7) is 7.42. The predicted octanol–water partition coefficient (Wildman–Crippen LogP) is 1.52. The van der Waals surface area contributed by atoms with Gasteiger partial charge in [0, 0.05) is 19.6 Å². The maximum atomic E-state index is 12.7. The van der Waals surface area contributed by atoms with Crippen molar-refractivity contribution in [2.24, 2.45) is 0 Å². The molecule has 0 bridgehead atoms. The highest BCUT2D eigenvalue weighted by atomic mass is 32.2. The molecule has 1 heterocycles. The van der Waals surface area contributed by atoms with Gasteiger partial charge in [-0.05, 0) is 37.1 Å². The molecule has 1 N–H and O–H groups in total. The molecule has 0 amide bonds. The van der Waals surface area contributed by atoms with E-state index in [1.807, 2.05) is 19.1 Å². The highest BCUT2D eigenvalue weighted by molar-refractivity contribution is 7.89. The third kappa shape index (κ3) is 3.83. The fraction of sp³-hybridized carbons (Fsp3) is 0.600. The van der Waals surface area contributed by atoms with Gasteiger partial charge >= 0.3 is 0 Å². The summed E-state index contributed by atoms with van der Waals surface area (Å²) >= 11 is 0. The molecule has 0 radical (unpaired) electrons. The van der Waals surface area contributed by atoms with Crippen LogP contribution in [-0.4, -0.2) is 45.6 Å². The lowest BCUT2D eigenvalue weighted by Crippen LogP contribution is -2.40. The van der Waals surface area contributed by atoms with Gasteiger partial charge < -0.3 is 10.1 Å². The second-order valence-electron chi connectivity index (χ2n) is 5.23. The third-order valence-corrected chi connectivity index (χ3v) is 5.77. The quantitative estimate of drug-likeness (QED) is 0.809. The monoisotopic (exact) mass is 312 g/mol. The molecule has 0 aliphatic carbocycles. The van der Waals surface area contributed by atoms with Crippen LogP contribution < -0.4 is 5.32 Å². The summed E-state index contributed by atoms with van der Waals surface area (Å²) in [5.74, 6) is 0. The molecule has 6 heteroatoms. The number of morpholine rings is 1. The SMILES string of the molecule is CCCNCc1cccc(S(=O)(=O)N2CCOCC2)c1C. The fourth-order valence-electron chi connectivity index (χ4n) is 2.46. The molecular formula is C15H24N2O3S. The van der Waals surface area contributed by atoms with Crippen LogP contribution in [-0.2, 0) is 21.3 Å². The first-order valence-corrected chi connectivity index (χ1v) is 8.88. The number of nitrogens with one attached hydrogen (secondary N) is 1. The lowest BCUT2D eigenvalue weighted by Gasteiger charge is -2.27. The first kappa shape index (κ1) is 16.4. The van der Waals surface area contributed by atoms with Crippen LogP contribution in [0.5, 0.6) is 0 Å². The van der Waals surface area contributed by atoms with E-state index >= 15 is 0 Å². The number of sulfonamides is 1. The normalized spacial score (nSPS) is 17.0. The number of rotatable bonds is 6. The number of nitrogens with zero attached hydrogens (tertiary/aromatic N) is 1. The number of ether oxygens (including phenoxy) is 1. The zero-order valence-corrected chi connectivity index (χ0v) is 13.6. The van der Waals surface area contributed by atoms with Crippen molar-refractivity contribution in [1.29, 1.82) is 0 Å². The van der Waals surface area contributed by atoms with Crippen molar-refractivity contribution >= 4 is 10.0 Å². The Labute approximate surface area is 127 Å². The highest BCUT2D eigenvalue weighted by Gasteiger charge is 2.28. The number of hydrogen-bond donors (Lipinski definition) is 1. The summed E-state index contributed by atoms with van der Waals surface area (Å²) in [6.07, 6.45) is 1.06. The molecule has 0 unspecified atom stereocenters. The summed E-state index contributed by atoms with van der Waals surface area (Å²) in [5.41, 5.74) is 1.88. The zero-order chi connectivity index (χ0) is 15.3. The number of benzene rings is 1. The molecule has 1 fully saturated rings. The van der Waals surface area contributed by atoms with Gasteiger partial charge in [-0.2, -0.15) is 4.31 Å². The van der Waals surface area contributed by atoms with Crippen LogP contribution in [0.3, 0.4) is 0 Å². The molecule has 0 aromatic heterocycles. The van der Waals surface area contributed by atoms with Gasteiger partial charge in [0.15, 0.2) is 0 Å². The van der Waals surface area contributed by atoms with Crippen LogP contribution >= 0.6 is 0 Å². The Morgan fingerprint density at radius 3 is 2.67 bits per heavy atom. The van der Waals surface area contributed by atoms with Crippen LogP contribution in [0.15, 0.2) is 23.1 Å². The van der Waals surface area contributed by atoms with Gasteiger partial charge in [0.05, 0.1) is 18.1 Å². The minimum Gasteiger partial charge on any atom is -0.379 e. The molecular weight excluding hydrogens is 288 g/mol. The molecule has 21 heavy (non-hydrogen) atoms. The molecule has 0 saturated carbocycles. The second kappa shape index (κ2) is 7.35. The molecule has 1 aliphatic heterocycles. The Hall–Kier alpha value is -0.950. The van der Waals surface area contributed by atoms with E-state index in [-0.39, 0.29) is 0 Å². The largest absolute Gasteiger partial charge is 0.379 e. The fourth-order valence-corrected chi connectivity index (χ4v) is 4.13. The van der Waals surface area contributed by atoms with Crippen LogP contribution in [0.4, 0.5) is 0 Å². The molecule has 1 aromatic carbocycles. The summed E-state index contributed by atoms with van der Waals surface area (Å²) in [4.78, 5) is 0.417. The molecule has 1 saturated heterocycles. The topological polar surface area (TPSA) is 58.6 Å². The van der Waals surface area contributed by atoms with E-state index < -0.39 is 10.0 Å². The van der Waals surface area contributed by atoms with Gasteiger partial charge in [-0.1, -0.05) is 19.1 Å². The van der Waals surface area contributed by atoms with E-state index in [1.165, 1.54) is 4.31 Å². The van der Waals surface area contributed by atoms with Crippen LogP contribution in [0.25, 0.3) is 0 Å². The average Bonchev–Trinajstić information content (AvgIpc) is 2.50. The van der Waals surface area contributed by atoms with Gasteiger partial charge in [0.25, 0.3) is 0 Å². The van der Waals surface area contributed by atoms with Gasteiger partial charge in [-0.3, -0.25) is 0 Å². The first-order valence-electron chi connectivity index (χ1n) is 7.44. The molecule has 2 rings (SSSR count). The van der Waals surface area contributed by atoms with Crippen molar-refractivity contribution in [3.8, 4) is 0 Å². The van der Waals surface area contributed by atoms with Gasteiger partial charge in [0.1, 0.15) is 0 Å². The maximum absolute atomic E-state index is 12.7. The summed E-state index contributed by atoms with van der Waals surface area (Å²) in [5, 5.41) is 3.32. The Balaban J connectivity index is 2.24. The van der Waals surface area contributed by atoms with Crippen molar-refractivity contribution in [1.82, 2.24) is 9.62 Å². The maximum Gasteiger partial charge on any atom is 0.243 e. The average molecular weight is 312 g/mol. The Bertz CT molecular complexity index is 566. The van der Waals surface area contributed by atoms with E-state index in [9.17, 15) is 8.42 Å². The predicted molar refractivity (Wildman–Crippen MR) is 82.8 cm³/mol. The van der Waals surface area contributed by atoms with Crippen LogP contribution in [0, 0.1) is 6.92 Å². The van der Waals surface area contributed by atoms with E-state index in [1.54, 1.807) is 6.07 Å². The minimum atomic E-state index is -3.42. The van der Waals surface area contributed by atoms with Crippen molar-refractivity contribution in [2.75, 3.05) is 32.8 Å². The lowest BCUT2D eigenvalue weighted by molar-refractivity contribution is 0.0730. The van der Waals surface area contributed by atoms with Crippen LogP contribution in [0.1, 0.15) is 24.5 Å². The Morgan fingerprint density at radius 2 is 2.00 bits per heavy atom. The van der Waals surface area contributed by atoms with Crippen LogP contribution in [0.2, 0.25) is 0 Å². The molecule has 5 nitrogen and oxygen atoms in total. The van der Waals surface area contributed by atoms with Crippen molar-refractivity contribution in [3.05, 3.63) is 29.3 Å². The standard InChI is InChI=1S/C15H24N2O3S/c1-3-7-16-12-14-5-4-6-15(13(14)2)21(18,19)17-8-10-20-11-9-17/h4-6,16H,3,7-12H2,1-2H3. The van der Waals surface area contributed by atoms with Gasteiger partial charge in [-0.15, -0.1) is 0 Å². The molecule has 118 valence electrons.